The minimum atomic E-state index is -0.191. The van der Waals surface area contributed by atoms with E-state index in [2.05, 4.69) is 13.8 Å². The van der Waals surface area contributed by atoms with Gasteiger partial charge in [-0.1, -0.05) is 20.8 Å². The van der Waals surface area contributed by atoms with Crippen molar-refractivity contribution >= 4 is 5.91 Å². The number of hydrogen-bond acceptors (Lipinski definition) is 1. The fraction of sp³-hybridized carbons (Fsp3) is 0.857. The summed E-state index contributed by atoms with van der Waals surface area (Å²) in [5, 5.41) is 0. The third-order valence-corrected chi connectivity index (χ3v) is 1.31. The Bertz CT molecular complexity index is 111. The van der Waals surface area contributed by atoms with Crippen LogP contribution in [0, 0.1) is 11.8 Å². The summed E-state index contributed by atoms with van der Waals surface area (Å²) in [4.78, 5) is 10.5. The lowest BCUT2D eigenvalue weighted by Crippen LogP contribution is -2.21. The molecule has 0 aliphatic heterocycles. The first-order valence-electron chi connectivity index (χ1n) is 3.33. The van der Waals surface area contributed by atoms with Crippen LogP contribution < -0.4 is 5.73 Å². The predicted octanol–water partition coefficient (Wildman–Crippen LogP) is 2.14. The quantitative estimate of drug-likeness (QED) is 0.636. The highest BCUT2D eigenvalue weighted by atomic mass is 16.1. The predicted molar refractivity (Wildman–Crippen MR) is 46.3 cm³/mol. The van der Waals surface area contributed by atoms with E-state index >= 15 is 0 Å². The largest absolute Gasteiger partial charge is 0.369 e. The maximum atomic E-state index is 10.5. The van der Waals surface area contributed by atoms with Gasteiger partial charge in [0.1, 0.15) is 0 Å². The Balaban J connectivity index is -0.0000000533. The Kier molecular flexibility index (Phi) is 3.28. The molecular weight excluding hydrogens is 114 g/mol. The van der Waals surface area contributed by atoms with Gasteiger partial charge in [0.05, 0.1) is 0 Å². The Hall–Kier alpha value is -0.530. The van der Waals surface area contributed by atoms with Gasteiger partial charge in [-0.05, 0) is 12.3 Å². The second-order valence-corrected chi connectivity index (χ2v) is 2.93. The second kappa shape index (κ2) is 3.49. The molecular formula is C7H23NO. The Labute approximate surface area is 62.4 Å². The van der Waals surface area contributed by atoms with E-state index in [1.165, 1.54) is 0 Å². The molecule has 0 spiro atoms. The average molecular weight is 137 g/mol. The smallest absolute Gasteiger partial charge is 0.220 e. The zero-order valence-electron chi connectivity index (χ0n) is 6.35. The van der Waals surface area contributed by atoms with Crippen LogP contribution in [0.15, 0.2) is 0 Å². The van der Waals surface area contributed by atoms with Crippen LogP contribution >= 0.6 is 0 Å². The van der Waals surface area contributed by atoms with E-state index < -0.39 is 0 Å². The number of carbonyl (C=O) groups is 1. The topological polar surface area (TPSA) is 43.1 Å². The van der Waals surface area contributed by atoms with Crippen molar-refractivity contribution in [2.24, 2.45) is 17.6 Å². The number of nitrogens with two attached hydrogens (primary N) is 1. The van der Waals surface area contributed by atoms with Gasteiger partial charge in [-0.25, -0.2) is 0 Å². The van der Waals surface area contributed by atoms with Gasteiger partial charge >= 0.3 is 0 Å². The molecule has 1 atom stereocenters. The molecule has 0 aromatic carbocycles. The summed E-state index contributed by atoms with van der Waals surface area (Å²) in [6, 6.07) is 0. The zero-order valence-corrected chi connectivity index (χ0v) is 6.35. The molecule has 0 aromatic heterocycles. The van der Waals surface area contributed by atoms with Crippen molar-refractivity contribution < 1.29 is 10.5 Å². The van der Waals surface area contributed by atoms with Crippen LogP contribution in [-0.2, 0) is 4.79 Å². The van der Waals surface area contributed by atoms with Gasteiger partial charge in [-0.15, -0.1) is 0 Å². The normalized spacial score (nSPS) is 13.8. The van der Waals surface area contributed by atoms with Crippen LogP contribution in [-0.4, -0.2) is 5.91 Å². The molecule has 0 aliphatic carbocycles. The molecule has 0 aliphatic rings. The maximum Gasteiger partial charge on any atom is 0.220 e. The summed E-state index contributed by atoms with van der Waals surface area (Å²) in [5.74, 6) is 0.404. The molecule has 2 heteroatoms. The molecule has 0 bridgehead atoms. The van der Waals surface area contributed by atoms with E-state index in [0.29, 0.717) is 5.92 Å². The third kappa shape index (κ3) is 4.01. The van der Waals surface area contributed by atoms with Gasteiger partial charge < -0.3 is 5.73 Å². The first-order chi connectivity index (χ1) is 4.04. The van der Waals surface area contributed by atoms with Gasteiger partial charge in [0.2, 0.25) is 5.91 Å². The second-order valence-electron chi connectivity index (χ2n) is 2.93. The first kappa shape index (κ1) is 8.47. The van der Waals surface area contributed by atoms with E-state index in [0.717, 1.165) is 6.42 Å². The number of carbonyl (C=O) groups excluding carboxylic acids is 1. The lowest BCUT2D eigenvalue weighted by Gasteiger charge is -2.08. The molecule has 0 heterocycles. The first-order valence-corrected chi connectivity index (χ1v) is 3.33. The Morgan fingerprint density at radius 3 is 2.11 bits per heavy atom. The van der Waals surface area contributed by atoms with Crippen LogP contribution in [0.5, 0.6) is 0 Å². The van der Waals surface area contributed by atoms with Gasteiger partial charge in [-0.3, -0.25) is 4.79 Å². The molecule has 0 aromatic rings. The maximum absolute atomic E-state index is 10.5. The number of rotatable bonds is 3. The standard InChI is InChI=1S/C7H15NO.4H2/c1-5(2)4-6(3)7(8)9;;;;/h5-6H,4H2,1-3H3,(H2,8,9);4*1H/t6-;;;;/m1..../s1. The third-order valence-electron chi connectivity index (χ3n) is 1.31. The molecule has 0 radical (unpaired) electrons. The highest BCUT2D eigenvalue weighted by Gasteiger charge is 2.09. The van der Waals surface area contributed by atoms with E-state index in [1.54, 1.807) is 0 Å². The summed E-state index contributed by atoms with van der Waals surface area (Å²) in [7, 11) is 0. The van der Waals surface area contributed by atoms with Crippen molar-refractivity contribution in [3.05, 3.63) is 0 Å². The van der Waals surface area contributed by atoms with Gasteiger partial charge in [0, 0.05) is 11.6 Å². The number of hydrogen-bond donors (Lipinski definition) is 1. The highest BCUT2D eigenvalue weighted by Crippen LogP contribution is 2.09. The molecule has 9 heavy (non-hydrogen) atoms. The molecule has 62 valence electrons. The van der Waals surface area contributed by atoms with Crippen LogP contribution in [0.1, 0.15) is 32.9 Å². The van der Waals surface area contributed by atoms with Crippen molar-refractivity contribution in [1.82, 2.24) is 0 Å². The minimum absolute atomic E-state index is 0. The highest BCUT2D eigenvalue weighted by molar-refractivity contribution is 5.76. The van der Waals surface area contributed by atoms with E-state index in [-0.39, 0.29) is 17.5 Å². The summed E-state index contributed by atoms with van der Waals surface area (Å²) in [6.45, 7) is 6.03. The Morgan fingerprint density at radius 1 is 1.56 bits per heavy atom. The van der Waals surface area contributed by atoms with E-state index in [4.69, 9.17) is 5.73 Å². The van der Waals surface area contributed by atoms with Gasteiger partial charge in [0.15, 0.2) is 0 Å². The lowest BCUT2D eigenvalue weighted by atomic mass is 9.99. The van der Waals surface area contributed by atoms with Gasteiger partial charge in [-0.2, -0.15) is 0 Å². The van der Waals surface area contributed by atoms with E-state index in [9.17, 15) is 4.79 Å². The fourth-order valence-electron chi connectivity index (χ4n) is 0.823. The molecule has 0 rings (SSSR count). The molecule has 0 saturated carbocycles. The van der Waals surface area contributed by atoms with Crippen molar-refractivity contribution in [3.63, 3.8) is 0 Å². The summed E-state index contributed by atoms with van der Waals surface area (Å²) >= 11 is 0. The molecule has 0 saturated heterocycles. The average Bonchev–Trinajstić information content (AvgIpc) is 1.63. The Morgan fingerprint density at radius 2 is 2.00 bits per heavy atom. The van der Waals surface area contributed by atoms with Crippen LogP contribution in [0.25, 0.3) is 0 Å². The number of amides is 1. The SMILES string of the molecule is CC(C)C[C@@H](C)C(N)=O.[HH].[HH].[HH].[HH]. The molecule has 2 N–H and O–H groups in total. The van der Waals surface area contributed by atoms with Crippen LogP contribution in [0.4, 0.5) is 0 Å². The van der Waals surface area contributed by atoms with E-state index in [1.807, 2.05) is 6.92 Å². The monoisotopic (exact) mass is 137 g/mol. The summed E-state index contributed by atoms with van der Waals surface area (Å²) < 4.78 is 0. The summed E-state index contributed by atoms with van der Waals surface area (Å²) in [6.07, 6.45) is 0.898. The van der Waals surface area contributed by atoms with Crippen LogP contribution in [0.2, 0.25) is 0 Å². The van der Waals surface area contributed by atoms with Crippen molar-refractivity contribution in [3.8, 4) is 0 Å². The van der Waals surface area contributed by atoms with Crippen molar-refractivity contribution in [2.45, 2.75) is 27.2 Å². The molecule has 2 nitrogen and oxygen atoms in total. The molecule has 0 unspecified atom stereocenters. The van der Waals surface area contributed by atoms with Crippen LogP contribution in [0.3, 0.4) is 0 Å². The van der Waals surface area contributed by atoms with Gasteiger partial charge in [0.25, 0.3) is 0 Å². The molecule has 0 fully saturated rings. The molecule has 1 amide bonds. The van der Waals surface area contributed by atoms with Crippen molar-refractivity contribution in [2.75, 3.05) is 0 Å². The minimum Gasteiger partial charge on any atom is -0.369 e. The fourth-order valence-corrected chi connectivity index (χ4v) is 0.823. The zero-order chi connectivity index (χ0) is 7.44. The summed E-state index contributed by atoms with van der Waals surface area (Å²) in [5.41, 5.74) is 5.05. The lowest BCUT2D eigenvalue weighted by molar-refractivity contribution is -0.121. The number of primary amides is 1. The van der Waals surface area contributed by atoms with Crippen molar-refractivity contribution in [1.29, 1.82) is 0 Å².